The highest BCUT2D eigenvalue weighted by Gasteiger charge is 2.39. The van der Waals surface area contributed by atoms with Crippen LogP contribution in [0.25, 0.3) is 0 Å². The van der Waals surface area contributed by atoms with Gasteiger partial charge in [-0.25, -0.2) is 0 Å². The average Bonchev–Trinajstić information content (AvgIpc) is 2.92. The number of hydrogen-bond donors (Lipinski definition) is 1. The van der Waals surface area contributed by atoms with Crippen LogP contribution in [-0.4, -0.2) is 22.4 Å². The van der Waals surface area contributed by atoms with Crippen molar-refractivity contribution in [2.24, 2.45) is 18.9 Å². The Morgan fingerprint density at radius 2 is 2.24 bits per heavy atom. The van der Waals surface area contributed by atoms with Gasteiger partial charge in [-0.05, 0) is 37.3 Å². The highest BCUT2D eigenvalue weighted by molar-refractivity contribution is 5.13. The summed E-state index contributed by atoms with van der Waals surface area (Å²) < 4.78 is 2.05. The van der Waals surface area contributed by atoms with E-state index in [-0.39, 0.29) is 0 Å². The Bertz CT molecular complexity index is 370. The first-order valence-electron chi connectivity index (χ1n) is 6.90. The zero-order chi connectivity index (χ0) is 12.4. The molecule has 0 amide bonds. The molecule has 1 aliphatic carbocycles. The standard InChI is InChI=1S/C14H25N3/c1-5-11-8-12(17(4)16-11)9-14(15-6-2)13-7-10(13)3/h8,10,13-15H,5-7,9H2,1-4H3. The van der Waals surface area contributed by atoms with E-state index in [4.69, 9.17) is 0 Å². The predicted octanol–water partition coefficient (Wildman–Crippen LogP) is 2.16. The molecule has 3 atom stereocenters. The summed E-state index contributed by atoms with van der Waals surface area (Å²) in [7, 11) is 2.06. The molecule has 1 aromatic rings. The molecule has 96 valence electrons. The number of nitrogens with one attached hydrogen (secondary N) is 1. The number of nitrogens with zero attached hydrogens (tertiary/aromatic N) is 2. The normalized spacial score (nSPS) is 24.9. The van der Waals surface area contributed by atoms with Crippen LogP contribution in [0.1, 0.15) is 38.6 Å². The summed E-state index contributed by atoms with van der Waals surface area (Å²) in [6.45, 7) is 7.78. The summed E-state index contributed by atoms with van der Waals surface area (Å²) in [6.07, 6.45) is 3.53. The summed E-state index contributed by atoms with van der Waals surface area (Å²) in [5.74, 6) is 1.77. The van der Waals surface area contributed by atoms with Gasteiger partial charge in [-0.1, -0.05) is 20.8 Å². The van der Waals surface area contributed by atoms with Gasteiger partial charge >= 0.3 is 0 Å². The number of rotatable bonds is 6. The monoisotopic (exact) mass is 235 g/mol. The highest BCUT2D eigenvalue weighted by Crippen LogP contribution is 2.41. The van der Waals surface area contributed by atoms with Gasteiger partial charge in [0.1, 0.15) is 0 Å². The van der Waals surface area contributed by atoms with E-state index < -0.39 is 0 Å². The summed E-state index contributed by atoms with van der Waals surface area (Å²) in [5.41, 5.74) is 2.58. The number of aryl methyl sites for hydroxylation is 2. The molecule has 1 N–H and O–H groups in total. The van der Waals surface area contributed by atoms with Crippen LogP contribution >= 0.6 is 0 Å². The minimum absolute atomic E-state index is 0.634. The van der Waals surface area contributed by atoms with Crippen LogP contribution < -0.4 is 5.32 Å². The molecule has 1 saturated carbocycles. The van der Waals surface area contributed by atoms with Gasteiger partial charge in [-0.2, -0.15) is 5.10 Å². The number of likely N-dealkylation sites (N-methyl/N-ethyl adjacent to an activating group) is 1. The number of hydrogen-bond acceptors (Lipinski definition) is 2. The Labute approximate surface area is 105 Å². The minimum atomic E-state index is 0.634. The van der Waals surface area contributed by atoms with E-state index in [0.717, 1.165) is 31.2 Å². The van der Waals surface area contributed by atoms with E-state index in [2.05, 4.69) is 49.0 Å². The van der Waals surface area contributed by atoms with Crippen molar-refractivity contribution in [3.63, 3.8) is 0 Å². The Balaban J connectivity index is 2.03. The van der Waals surface area contributed by atoms with E-state index in [1.807, 2.05) is 0 Å². The summed E-state index contributed by atoms with van der Waals surface area (Å²) in [5, 5.41) is 8.17. The average molecular weight is 235 g/mol. The first kappa shape index (κ1) is 12.6. The van der Waals surface area contributed by atoms with Crippen molar-refractivity contribution >= 4 is 0 Å². The lowest BCUT2D eigenvalue weighted by Crippen LogP contribution is -2.34. The summed E-state index contributed by atoms with van der Waals surface area (Å²) in [4.78, 5) is 0. The molecule has 3 unspecified atom stereocenters. The largest absolute Gasteiger partial charge is 0.314 e. The topological polar surface area (TPSA) is 29.9 Å². The zero-order valence-electron chi connectivity index (χ0n) is 11.5. The van der Waals surface area contributed by atoms with E-state index >= 15 is 0 Å². The van der Waals surface area contributed by atoms with Crippen molar-refractivity contribution in [3.05, 3.63) is 17.5 Å². The van der Waals surface area contributed by atoms with Gasteiger partial charge in [0, 0.05) is 25.2 Å². The van der Waals surface area contributed by atoms with Gasteiger partial charge in [0.25, 0.3) is 0 Å². The van der Waals surface area contributed by atoms with Gasteiger partial charge < -0.3 is 5.32 Å². The molecule has 0 spiro atoms. The van der Waals surface area contributed by atoms with E-state index in [1.165, 1.54) is 17.8 Å². The van der Waals surface area contributed by atoms with Crippen molar-refractivity contribution in [1.82, 2.24) is 15.1 Å². The van der Waals surface area contributed by atoms with Crippen LogP contribution in [0.3, 0.4) is 0 Å². The molecule has 0 aromatic carbocycles. The maximum atomic E-state index is 4.53. The predicted molar refractivity (Wildman–Crippen MR) is 71.0 cm³/mol. The van der Waals surface area contributed by atoms with Crippen LogP contribution in [0.4, 0.5) is 0 Å². The molecule has 3 heteroatoms. The Morgan fingerprint density at radius 1 is 1.53 bits per heavy atom. The van der Waals surface area contributed by atoms with Gasteiger partial charge in [-0.15, -0.1) is 0 Å². The smallest absolute Gasteiger partial charge is 0.0624 e. The zero-order valence-corrected chi connectivity index (χ0v) is 11.5. The van der Waals surface area contributed by atoms with Crippen molar-refractivity contribution in [2.75, 3.05) is 6.54 Å². The second-order valence-corrected chi connectivity index (χ2v) is 5.35. The minimum Gasteiger partial charge on any atom is -0.314 e. The molecular weight excluding hydrogens is 210 g/mol. The van der Waals surface area contributed by atoms with E-state index in [9.17, 15) is 0 Å². The van der Waals surface area contributed by atoms with Crippen LogP contribution in [0.2, 0.25) is 0 Å². The quantitative estimate of drug-likeness (QED) is 0.819. The van der Waals surface area contributed by atoms with Gasteiger partial charge in [0.05, 0.1) is 5.69 Å². The fraction of sp³-hybridized carbons (Fsp3) is 0.786. The fourth-order valence-electron chi connectivity index (χ4n) is 2.71. The fourth-order valence-corrected chi connectivity index (χ4v) is 2.71. The summed E-state index contributed by atoms with van der Waals surface area (Å²) >= 11 is 0. The third kappa shape index (κ3) is 2.89. The van der Waals surface area contributed by atoms with Crippen molar-refractivity contribution in [3.8, 4) is 0 Å². The number of aromatic nitrogens is 2. The molecule has 2 rings (SSSR count). The van der Waals surface area contributed by atoms with Gasteiger partial charge in [0.15, 0.2) is 0 Å². The Kier molecular flexibility index (Phi) is 3.87. The molecule has 1 aliphatic rings. The van der Waals surface area contributed by atoms with Crippen LogP contribution in [0.5, 0.6) is 0 Å². The SMILES string of the molecule is CCNC(Cc1cc(CC)nn1C)C1CC1C. The molecule has 0 saturated heterocycles. The lowest BCUT2D eigenvalue weighted by Gasteiger charge is -2.17. The third-order valence-corrected chi connectivity index (χ3v) is 3.97. The van der Waals surface area contributed by atoms with E-state index in [0.29, 0.717) is 6.04 Å². The third-order valence-electron chi connectivity index (χ3n) is 3.97. The van der Waals surface area contributed by atoms with Gasteiger partial charge in [0.2, 0.25) is 0 Å². The summed E-state index contributed by atoms with van der Waals surface area (Å²) in [6, 6.07) is 2.90. The molecule has 3 nitrogen and oxygen atoms in total. The maximum absolute atomic E-state index is 4.53. The lowest BCUT2D eigenvalue weighted by molar-refractivity contribution is 0.443. The van der Waals surface area contributed by atoms with Crippen LogP contribution in [0, 0.1) is 11.8 Å². The molecule has 1 aromatic heterocycles. The Hall–Kier alpha value is -0.830. The van der Waals surface area contributed by atoms with Crippen molar-refractivity contribution < 1.29 is 0 Å². The molecule has 1 fully saturated rings. The first-order valence-corrected chi connectivity index (χ1v) is 6.90. The highest BCUT2D eigenvalue weighted by atomic mass is 15.3. The van der Waals surface area contributed by atoms with Gasteiger partial charge in [-0.3, -0.25) is 4.68 Å². The second-order valence-electron chi connectivity index (χ2n) is 5.35. The molecular formula is C14H25N3. The molecule has 1 heterocycles. The van der Waals surface area contributed by atoms with Crippen LogP contribution in [0.15, 0.2) is 6.07 Å². The van der Waals surface area contributed by atoms with Crippen molar-refractivity contribution in [2.45, 2.75) is 46.1 Å². The molecule has 0 aliphatic heterocycles. The first-order chi connectivity index (χ1) is 8.15. The van der Waals surface area contributed by atoms with Crippen LogP contribution in [-0.2, 0) is 19.9 Å². The Morgan fingerprint density at radius 3 is 2.71 bits per heavy atom. The second kappa shape index (κ2) is 5.21. The molecule has 0 radical (unpaired) electrons. The maximum Gasteiger partial charge on any atom is 0.0624 e. The molecule has 0 bridgehead atoms. The van der Waals surface area contributed by atoms with E-state index in [1.54, 1.807) is 0 Å². The molecule has 17 heavy (non-hydrogen) atoms. The van der Waals surface area contributed by atoms with Crippen molar-refractivity contribution in [1.29, 1.82) is 0 Å². The lowest BCUT2D eigenvalue weighted by atomic mass is 10.0.